The molecule has 145 valence electrons. The first-order valence-corrected chi connectivity index (χ1v) is 13.3. The lowest BCUT2D eigenvalue weighted by Gasteiger charge is -2.38. The highest BCUT2D eigenvalue weighted by Crippen LogP contribution is 2.39. The van der Waals surface area contributed by atoms with Crippen LogP contribution in [0.25, 0.3) is 0 Å². The summed E-state index contributed by atoms with van der Waals surface area (Å²) in [5.41, 5.74) is -0.914. The Bertz CT molecular complexity index is 439. The average molecular weight is 434 g/mol. The molecule has 0 N–H and O–H groups in total. The number of rotatable bonds is 11. The van der Waals surface area contributed by atoms with E-state index in [-0.39, 0.29) is 26.1 Å². The largest absolute Gasteiger partial charge is 0.425 e. The van der Waals surface area contributed by atoms with Gasteiger partial charge in [-0.25, -0.2) is 0 Å². The highest BCUT2D eigenvalue weighted by Gasteiger charge is 2.65. The zero-order valence-electron chi connectivity index (χ0n) is 15.2. The standard InChI is InChI=1S/C14H25O8Si4/c1-3-6-16-10-13(11-18-13)26(2)21-24-19-14(23,20-25-22-26)5-4-7-15-8-12-9-17-12/h12H,3-11H2,1-2H3. The van der Waals surface area contributed by atoms with Gasteiger partial charge in [0.25, 0.3) is 0 Å². The smallest absolute Gasteiger partial charge is 0.412 e. The molecule has 2 unspecified atom stereocenters. The summed E-state index contributed by atoms with van der Waals surface area (Å²) in [5, 5.41) is -0.459. The molecule has 0 spiro atoms. The van der Waals surface area contributed by atoms with Crippen molar-refractivity contribution in [1.29, 1.82) is 0 Å². The fourth-order valence-corrected chi connectivity index (χ4v) is 8.06. The molecule has 3 aliphatic rings. The average Bonchev–Trinajstić information content (AvgIpc) is 3.49. The third kappa shape index (κ3) is 5.78. The summed E-state index contributed by atoms with van der Waals surface area (Å²) in [6.07, 6.45) is 2.67. The number of ether oxygens (including phenoxy) is 4. The Balaban J connectivity index is 1.40. The lowest BCUT2D eigenvalue weighted by molar-refractivity contribution is -0.0712. The second kappa shape index (κ2) is 9.36. The first-order valence-electron chi connectivity index (χ1n) is 8.89. The van der Waals surface area contributed by atoms with Crippen LogP contribution in [0.5, 0.6) is 0 Å². The summed E-state index contributed by atoms with van der Waals surface area (Å²) in [6.45, 7) is 7.93. The van der Waals surface area contributed by atoms with Gasteiger partial charge in [0, 0.05) is 13.2 Å². The Hall–Kier alpha value is 0.548. The Morgan fingerprint density at radius 1 is 1.19 bits per heavy atom. The van der Waals surface area contributed by atoms with Crippen molar-refractivity contribution in [1.82, 2.24) is 0 Å². The third-order valence-electron chi connectivity index (χ3n) is 4.39. The van der Waals surface area contributed by atoms with Gasteiger partial charge in [0.1, 0.15) is 21.8 Å². The van der Waals surface area contributed by atoms with E-state index in [0.717, 1.165) is 19.4 Å². The molecule has 12 heteroatoms. The van der Waals surface area contributed by atoms with Gasteiger partial charge in [-0.3, -0.25) is 0 Å². The van der Waals surface area contributed by atoms with Gasteiger partial charge in [-0.2, -0.15) is 0 Å². The Morgan fingerprint density at radius 2 is 1.88 bits per heavy atom. The quantitative estimate of drug-likeness (QED) is 0.255. The molecule has 26 heavy (non-hydrogen) atoms. The summed E-state index contributed by atoms with van der Waals surface area (Å²) in [6, 6.07) is 0. The molecule has 3 heterocycles. The van der Waals surface area contributed by atoms with Crippen molar-refractivity contribution in [3.05, 3.63) is 0 Å². The zero-order chi connectivity index (χ0) is 18.5. The Kier molecular flexibility index (Phi) is 7.66. The van der Waals surface area contributed by atoms with Crippen molar-refractivity contribution >= 4 is 38.8 Å². The van der Waals surface area contributed by atoms with Crippen LogP contribution in [-0.2, 0) is 36.0 Å². The molecule has 3 fully saturated rings. The van der Waals surface area contributed by atoms with Gasteiger partial charge in [-0.1, -0.05) is 6.92 Å². The highest BCUT2D eigenvalue weighted by molar-refractivity contribution is 6.76. The van der Waals surface area contributed by atoms with Gasteiger partial charge in [0.05, 0.1) is 26.4 Å². The van der Waals surface area contributed by atoms with E-state index >= 15 is 0 Å². The predicted octanol–water partition coefficient (Wildman–Crippen LogP) is -0.0405. The van der Waals surface area contributed by atoms with Gasteiger partial charge in [-0.05, 0) is 25.8 Å². The predicted molar refractivity (Wildman–Crippen MR) is 95.5 cm³/mol. The number of epoxide rings is 2. The van der Waals surface area contributed by atoms with Gasteiger partial charge < -0.3 is 36.0 Å². The molecular formula is C14H25O8Si4. The minimum Gasteiger partial charge on any atom is -0.412 e. The molecule has 0 aromatic heterocycles. The Labute approximate surface area is 164 Å². The SMILES string of the molecule is CCCOCC1([Si]2(C)O[Si]OC([Si])(CCCOCC3CO3)O[Si]O2)CO1. The van der Waals surface area contributed by atoms with Crippen LogP contribution in [-0.4, -0.2) is 95.2 Å². The molecule has 0 aromatic carbocycles. The van der Waals surface area contributed by atoms with Crippen LogP contribution < -0.4 is 0 Å². The van der Waals surface area contributed by atoms with Crippen LogP contribution in [0.15, 0.2) is 0 Å². The molecule has 2 atom stereocenters. The van der Waals surface area contributed by atoms with Crippen LogP contribution in [0.4, 0.5) is 0 Å². The van der Waals surface area contributed by atoms with Gasteiger partial charge >= 0.3 is 28.6 Å². The minimum absolute atomic E-state index is 0.199. The molecule has 3 saturated heterocycles. The lowest BCUT2D eigenvalue weighted by atomic mass is 10.3. The summed E-state index contributed by atoms with van der Waals surface area (Å²) >= 11 is 0. The molecule has 0 saturated carbocycles. The van der Waals surface area contributed by atoms with E-state index in [1.54, 1.807) is 0 Å². The maximum absolute atomic E-state index is 6.06. The van der Waals surface area contributed by atoms with Gasteiger partial charge in [0.15, 0.2) is 5.22 Å². The molecule has 3 aliphatic heterocycles. The van der Waals surface area contributed by atoms with Crippen molar-refractivity contribution in [2.45, 2.75) is 49.5 Å². The van der Waals surface area contributed by atoms with Crippen molar-refractivity contribution < 1.29 is 36.0 Å². The fourth-order valence-electron chi connectivity index (χ4n) is 2.40. The summed E-state index contributed by atoms with van der Waals surface area (Å²) < 4.78 is 45.8. The fraction of sp³-hybridized carbons (Fsp3) is 1.00. The maximum atomic E-state index is 6.06. The van der Waals surface area contributed by atoms with Crippen LogP contribution in [0.3, 0.4) is 0 Å². The maximum Gasteiger partial charge on any atom is 0.425 e. The van der Waals surface area contributed by atoms with E-state index in [9.17, 15) is 0 Å². The molecule has 0 amide bonds. The molecule has 0 bridgehead atoms. The monoisotopic (exact) mass is 433 g/mol. The third-order valence-corrected chi connectivity index (χ3v) is 12.0. The van der Waals surface area contributed by atoms with Crippen LogP contribution in [0, 0.1) is 0 Å². The molecular weight excluding hydrogens is 408 g/mol. The second-order valence-corrected chi connectivity index (χ2v) is 12.7. The molecule has 8 nitrogen and oxygen atoms in total. The van der Waals surface area contributed by atoms with Crippen molar-refractivity contribution in [3.8, 4) is 0 Å². The molecule has 0 aliphatic carbocycles. The number of hydrogen-bond donors (Lipinski definition) is 0. The first-order chi connectivity index (χ1) is 12.5. The minimum atomic E-state index is -2.63. The highest BCUT2D eigenvalue weighted by atomic mass is 28.4. The summed E-state index contributed by atoms with van der Waals surface area (Å²) in [4.78, 5) is 0. The van der Waals surface area contributed by atoms with Crippen LogP contribution >= 0.6 is 0 Å². The Morgan fingerprint density at radius 3 is 2.46 bits per heavy atom. The number of hydrogen-bond acceptors (Lipinski definition) is 8. The van der Waals surface area contributed by atoms with Crippen molar-refractivity contribution in [3.63, 3.8) is 0 Å². The van der Waals surface area contributed by atoms with E-state index in [0.29, 0.717) is 39.5 Å². The van der Waals surface area contributed by atoms with Crippen molar-refractivity contribution in [2.75, 3.05) is 39.6 Å². The van der Waals surface area contributed by atoms with Crippen LogP contribution in [0.1, 0.15) is 26.2 Å². The van der Waals surface area contributed by atoms with Crippen molar-refractivity contribution in [2.24, 2.45) is 0 Å². The van der Waals surface area contributed by atoms with E-state index in [2.05, 4.69) is 17.2 Å². The first kappa shape index (κ1) is 21.3. The van der Waals surface area contributed by atoms with Gasteiger partial charge in [0.2, 0.25) is 0 Å². The molecule has 3 rings (SSSR count). The summed E-state index contributed by atoms with van der Waals surface area (Å²) in [7, 11) is 0.549. The van der Waals surface area contributed by atoms with Gasteiger partial charge in [-0.15, -0.1) is 0 Å². The second-order valence-electron chi connectivity index (χ2n) is 6.74. The molecule has 0 aromatic rings. The lowest BCUT2D eigenvalue weighted by Crippen LogP contribution is -2.60. The van der Waals surface area contributed by atoms with E-state index in [4.69, 9.17) is 36.0 Å². The van der Waals surface area contributed by atoms with E-state index < -0.39 is 19.2 Å². The topological polar surface area (TPSA) is 80.4 Å². The van der Waals surface area contributed by atoms with E-state index in [1.165, 1.54) is 0 Å². The molecule has 7 radical (unpaired) electrons. The van der Waals surface area contributed by atoms with E-state index in [1.807, 2.05) is 6.55 Å². The normalized spacial score (nSPS) is 40.0. The summed E-state index contributed by atoms with van der Waals surface area (Å²) in [5.74, 6) is 0. The zero-order valence-corrected chi connectivity index (χ0v) is 19.2. The van der Waals surface area contributed by atoms with Crippen LogP contribution in [0.2, 0.25) is 6.55 Å².